The Labute approximate surface area is 164 Å². The van der Waals surface area contributed by atoms with Gasteiger partial charge in [-0.25, -0.2) is 9.69 Å². The van der Waals surface area contributed by atoms with Crippen molar-refractivity contribution in [2.75, 3.05) is 27.4 Å². The van der Waals surface area contributed by atoms with Crippen molar-refractivity contribution in [3.63, 3.8) is 0 Å². The van der Waals surface area contributed by atoms with Gasteiger partial charge in [0.15, 0.2) is 18.2 Å². The van der Waals surface area contributed by atoms with Crippen LogP contribution >= 0.6 is 0 Å². The molecule has 1 aromatic rings. The molecule has 0 spiro atoms. The first-order valence-electron chi connectivity index (χ1n) is 9.79. The Hall–Kier alpha value is -2.61. The minimum absolute atomic E-state index is 0.122. The van der Waals surface area contributed by atoms with Crippen LogP contribution in [0.4, 0.5) is 4.79 Å². The number of imide groups is 2. The summed E-state index contributed by atoms with van der Waals surface area (Å²) in [6, 6.07) is 3.37. The Bertz CT molecular complexity index is 818. The number of amides is 4. The highest BCUT2D eigenvalue weighted by Crippen LogP contribution is 2.31. The second kappa shape index (κ2) is 7.43. The third-order valence-corrected chi connectivity index (χ3v) is 6.05. The molecule has 3 aliphatic rings. The molecule has 150 valence electrons. The van der Waals surface area contributed by atoms with Crippen LogP contribution in [0.5, 0.6) is 11.5 Å². The molecule has 1 unspecified atom stereocenters. The summed E-state index contributed by atoms with van der Waals surface area (Å²) in [5.41, 5.74) is 2.29. The molecule has 4 rings (SSSR count). The molecule has 2 heterocycles. The number of carbonyl (C=O) groups is 3. The predicted molar refractivity (Wildman–Crippen MR) is 99.0 cm³/mol. The third-order valence-electron chi connectivity index (χ3n) is 6.05. The summed E-state index contributed by atoms with van der Waals surface area (Å²) in [6.45, 7) is 1.64. The van der Waals surface area contributed by atoms with E-state index in [1.807, 2.05) is 12.1 Å². The minimum Gasteiger partial charge on any atom is -0.493 e. The molecule has 2 aliphatic heterocycles. The van der Waals surface area contributed by atoms with Gasteiger partial charge in [-0.2, -0.15) is 0 Å². The highest BCUT2D eigenvalue weighted by molar-refractivity contribution is 6.44. The molecule has 28 heavy (non-hydrogen) atoms. The van der Waals surface area contributed by atoms with Crippen molar-refractivity contribution in [2.45, 2.75) is 44.7 Å². The van der Waals surface area contributed by atoms with E-state index < -0.39 is 17.8 Å². The van der Waals surface area contributed by atoms with Crippen LogP contribution in [0.15, 0.2) is 12.1 Å². The lowest BCUT2D eigenvalue weighted by Gasteiger charge is -2.29. The Morgan fingerprint density at radius 3 is 2.29 bits per heavy atom. The van der Waals surface area contributed by atoms with Crippen molar-refractivity contribution < 1.29 is 28.8 Å². The topological polar surface area (TPSA) is 80.6 Å². The van der Waals surface area contributed by atoms with Crippen LogP contribution in [0.2, 0.25) is 0 Å². The summed E-state index contributed by atoms with van der Waals surface area (Å²) in [5, 5.41) is 0. The summed E-state index contributed by atoms with van der Waals surface area (Å²) in [6.07, 6.45) is 4.39. The van der Waals surface area contributed by atoms with Crippen molar-refractivity contribution in [1.29, 1.82) is 0 Å². The molecule has 8 nitrogen and oxygen atoms in total. The molecule has 1 saturated carbocycles. The summed E-state index contributed by atoms with van der Waals surface area (Å²) in [5.74, 6) is 0.00781. The lowest BCUT2D eigenvalue weighted by Crippen LogP contribution is -3.13. The van der Waals surface area contributed by atoms with Crippen molar-refractivity contribution >= 4 is 17.8 Å². The molecule has 0 aromatic heterocycles. The van der Waals surface area contributed by atoms with Crippen LogP contribution in [0, 0.1) is 0 Å². The van der Waals surface area contributed by atoms with Crippen molar-refractivity contribution in [1.82, 2.24) is 9.80 Å². The van der Waals surface area contributed by atoms with Gasteiger partial charge in [0.25, 0.3) is 0 Å². The molecular formula is C20H26N3O5+. The number of fused-ring (bicyclic) bond motifs is 1. The van der Waals surface area contributed by atoms with Crippen LogP contribution in [-0.2, 0) is 22.6 Å². The first-order chi connectivity index (χ1) is 13.5. The first-order valence-corrected chi connectivity index (χ1v) is 9.79. The molecule has 8 heteroatoms. The van der Waals surface area contributed by atoms with Gasteiger partial charge >= 0.3 is 17.8 Å². The van der Waals surface area contributed by atoms with Crippen molar-refractivity contribution in [3.8, 4) is 11.5 Å². The Kier molecular flexibility index (Phi) is 4.97. The summed E-state index contributed by atoms with van der Waals surface area (Å²) in [4.78, 5) is 41.0. The molecule has 4 amide bonds. The summed E-state index contributed by atoms with van der Waals surface area (Å²) >= 11 is 0. The molecule has 2 fully saturated rings. The van der Waals surface area contributed by atoms with Gasteiger partial charge in [0.2, 0.25) is 0 Å². The van der Waals surface area contributed by atoms with Gasteiger partial charge in [0.05, 0.1) is 20.8 Å². The van der Waals surface area contributed by atoms with E-state index in [1.54, 1.807) is 14.2 Å². The fourth-order valence-corrected chi connectivity index (χ4v) is 4.53. The number of quaternary nitrogens is 1. The van der Waals surface area contributed by atoms with E-state index in [2.05, 4.69) is 0 Å². The summed E-state index contributed by atoms with van der Waals surface area (Å²) in [7, 11) is 3.21. The first kappa shape index (κ1) is 18.7. The van der Waals surface area contributed by atoms with E-state index in [1.165, 1.54) is 10.5 Å². The maximum atomic E-state index is 12.8. The van der Waals surface area contributed by atoms with E-state index in [4.69, 9.17) is 9.47 Å². The zero-order valence-corrected chi connectivity index (χ0v) is 16.3. The van der Waals surface area contributed by atoms with Gasteiger partial charge in [0.1, 0.15) is 6.54 Å². The average molecular weight is 388 g/mol. The quantitative estimate of drug-likeness (QED) is 0.581. The number of methoxy groups -OCH3 is 2. The van der Waals surface area contributed by atoms with Crippen LogP contribution in [0.3, 0.4) is 0 Å². The number of ether oxygens (including phenoxy) is 2. The van der Waals surface area contributed by atoms with Crippen LogP contribution in [0.1, 0.15) is 36.8 Å². The number of carbonyl (C=O) groups excluding carboxylic acids is 3. The molecule has 0 radical (unpaired) electrons. The molecule has 1 aromatic carbocycles. The number of urea groups is 1. The number of benzene rings is 1. The zero-order chi connectivity index (χ0) is 19.8. The van der Waals surface area contributed by atoms with Crippen molar-refractivity contribution in [2.24, 2.45) is 0 Å². The van der Waals surface area contributed by atoms with E-state index >= 15 is 0 Å². The highest BCUT2D eigenvalue weighted by atomic mass is 16.5. The molecule has 1 saturated heterocycles. The Balaban J connectivity index is 1.49. The number of nitrogens with zero attached hydrogens (tertiary/aromatic N) is 2. The molecule has 0 bridgehead atoms. The van der Waals surface area contributed by atoms with Gasteiger partial charge in [-0.05, 0) is 30.5 Å². The standard InChI is InChI=1S/C20H25N3O5/c1-27-16-9-13-7-8-21(11-14(13)10-17(16)28-2)12-22-18(24)19(25)23(20(22)26)15-5-3-4-6-15/h9-10,15H,3-8,11-12H2,1-2H3/p+1. The minimum atomic E-state index is -0.692. The zero-order valence-electron chi connectivity index (χ0n) is 16.3. The van der Waals surface area contributed by atoms with E-state index in [0.29, 0.717) is 18.0 Å². The third kappa shape index (κ3) is 3.11. The predicted octanol–water partition coefficient (Wildman–Crippen LogP) is 0.336. The van der Waals surface area contributed by atoms with Gasteiger partial charge in [-0.3, -0.25) is 14.5 Å². The Morgan fingerprint density at radius 2 is 1.64 bits per heavy atom. The smallest absolute Gasteiger partial charge is 0.338 e. The second-order valence-corrected chi connectivity index (χ2v) is 7.69. The van der Waals surface area contributed by atoms with Crippen LogP contribution in [-0.4, -0.2) is 61.1 Å². The fraction of sp³-hybridized carbons (Fsp3) is 0.550. The summed E-state index contributed by atoms with van der Waals surface area (Å²) < 4.78 is 10.8. The second-order valence-electron chi connectivity index (χ2n) is 7.69. The van der Waals surface area contributed by atoms with E-state index in [9.17, 15) is 14.4 Å². The molecule has 1 atom stereocenters. The van der Waals surface area contributed by atoms with E-state index in [0.717, 1.165) is 54.0 Å². The van der Waals surface area contributed by atoms with Gasteiger partial charge in [-0.15, -0.1) is 0 Å². The van der Waals surface area contributed by atoms with E-state index in [-0.39, 0.29) is 12.7 Å². The fourth-order valence-electron chi connectivity index (χ4n) is 4.53. The highest BCUT2D eigenvalue weighted by Gasteiger charge is 2.49. The molecular weight excluding hydrogens is 362 g/mol. The number of rotatable bonds is 5. The number of hydrogen-bond acceptors (Lipinski definition) is 5. The largest absolute Gasteiger partial charge is 0.493 e. The normalized spacial score (nSPS) is 22.8. The molecule has 1 aliphatic carbocycles. The lowest BCUT2D eigenvalue weighted by atomic mass is 9.99. The maximum Gasteiger partial charge on any atom is 0.338 e. The number of nitrogens with one attached hydrogen (secondary N) is 1. The molecule has 1 N–H and O–H groups in total. The monoisotopic (exact) mass is 388 g/mol. The lowest BCUT2D eigenvalue weighted by molar-refractivity contribution is -0.923. The Morgan fingerprint density at radius 1 is 1.00 bits per heavy atom. The van der Waals surface area contributed by atoms with Crippen LogP contribution in [0.25, 0.3) is 0 Å². The SMILES string of the molecule is COc1cc2c(cc1OC)C[NH+](CN1C(=O)C(=O)N(C3CCCC3)C1=O)CC2. The maximum absolute atomic E-state index is 12.8. The van der Waals surface area contributed by atoms with Crippen molar-refractivity contribution in [3.05, 3.63) is 23.3 Å². The van der Waals surface area contributed by atoms with Gasteiger partial charge in [0, 0.05) is 18.0 Å². The number of hydrogen-bond donors (Lipinski definition) is 1. The van der Waals surface area contributed by atoms with Gasteiger partial charge < -0.3 is 14.4 Å². The van der Waals surface area contributed by atoms with Gasteiger partial charge in [-0.1, -0.05) is 12.8 Å². The average Bonchev–Trinajstić information content (AvgIpc) is 3.30. The van der Waals surface area contributed by atoms with Crippen LogP contribution < -0.4 is 14.4 Å².